The fourth-order valence-corrected chi connectivity index (χ4v) is 2.92. The number of aromatic nitrogens is 3. The summed E-state index contributed by atoms with van der Waals surface area (Å²) in [4.78, 5) is 14.1. The van der Waals surface area contributed by atoms with Crippen LogP contribution in [0.15, 0.2) is 58.6 Å². The molecule has 1 amide bonds. The van der Waals surface area contributed by atoms with Gasteiger partial charge in [0.2, 0.25) is 5.91 Å². The number of carbonyl (C=O) groups is 1. The van der Waals surface area contributed by atoms with Gasteiger partial charge in [-0.2, -0.15) is 0 Å². The zero-order valence-electron chi connectivity index (χ0n) is 14.0. The summed E-state index contributed by atoms with van der Waals surface area (Å²) in [6.07, 6.45) is 3.25. The maximum atomic E-state index is 12.1. The van der Waals surface area contributed by atoms with Crippen molar-refractivity contribution < 1.29 is 9.21 Å². The van der Waals surface area contributed by atoms with E-state index >= 15 is 0 Å². The Bertz CT molecular complexity index is 812. The van der Waals surface area contributed by atoms with E-state index in [0.29, 0.717) is 11.7 Å². The van der Waals surface area contributed by atoms with Crippen LogP contribution in [0.2, 0.25) is 0 Å². The summed E-state index contributed by atoms with van der Waals surface area (Å²) in [5.41, 5.74) is 1.85. The molecule has 25 heavy (non-hydrogen) atoms. The number of hydrogen-bond acceptors (Lipinski definition) is 6. The van der Waals surface area contributed by atoms with Gasteiger partial charge in [0.15, 0.2) is 5.16 Å². The smallest absolute Gasteiger partial charge is 0.234 e. The van der Waals surface area contributed by atoms with Gasteiger partial charge < -0.3 is 19.2 Å². The van der Waals surface area contributed by atoms with Crippen molar-refractivity contribution in [2.45, 2.75) is 11.7 Å². The minimum Gasteiger partial charge on any atom is -0.467 e. The van der Waals surface area contributed by atoms with E-state index < -0.39 is 0 Å². The SMILES string of the molecule is CN(C)c1ccc(NC(=O)CSc2nncn2Cc2ccco2)cc1. The van der Waals surface area contributed by atoms with Crippen LogP contribution in [-0.4, -0.2) is 40.5 Å². The number of nitrogens with zero attached hydrogens (tertiary/aromatic N) is 4. The van der Waals surface area contributed by atoms with E-state index in [1.54, 1.807) is 12.6 Å². The topological polar surface area (TPSA) is 76.2 Å². The molecule has 0 saturated heterocycles. The summed E-state index contributed by atoms with van der Waals surface area (Å²) < 4.78 is 7.17. The molecule has 0 aliphatic heterocycles. The quantitative estimate of drug-likeness (QED) is 0.655. The van der Waals surface area contributed by atoms with Gasteiger partial charge >= 0.3 is 0 Å². The first-order valence-electron chi connectivity index (χ1n) is 7.72. The van der Waals surface area contributed by atoms with Crippen molar-refractivity contribution in [3.8, 4) is 0 Å². The third-order valence-corrected chi connectivity index (χ3v) is 4.47. The molecule has 0 unspecified atom stereocenters. The van der Waals surface area contributed by atoms with Gasteiger partial charge in [-0.3, -0.25) is 4.79 Å². The van der Waals surface area contributed by atoms with Crippen LogP contribution in [-0.2, 0) is 11.3 Å². The summed E-state index contributed by atoms with van der Waals surface area (Å²) in [6, 6.07) is 11.4. The number of anilines is 2. The number of nitrogens with one attached hydrogen (secondary N) is 1. The van der Waals surface area contributed by atoms with E-state index in [-0.39, 0.29) is 11.7 Å². The number of carbonyl (C=O) groups excluding carboxylic acids is 1. The average Bonchev–Trinajstić information content (AvgIpc) is 3.26. The van der Waals surface area contributed by atoms with Crippen molar-refractivity contribution in [1.82, 2.24) is 14.8 Å². The third kappa shape index (κ3) is 4.63. The van der Waals surface area contributed by atoms with Crippen LogP contribution in [0.1, 0.15) is 5.76 Å². The lowest BCUT2D eigenvalue weighted by Crippen LogP contribution is -2.15. The van der Waals surface area contributed by atoms with Crippen molar-refractivity contribution in [1.29, 1.82) is 0 Å². The predicted octanol–water partition coefficient (Wildman–Crippen LogP) is 2.72. The molecule has 0 aliphatic rings. The summed E-state index contributed by atoms with van der Waals surface area (Å²) in [6.45, 7) is 0.538. The van der Waals surface area contributed by atoms with E-state index in [2.05, 4.69) is 15.5 Å². The third-order valence-electron chi connectivity index (χ3n) is 3.49. The molecule has 0 atom stereocenters. The van der Waals surface area contributed by atoms with E-state index in [4.69, 9.17) is 4.42 Å². The molecule has 1 N–H and O–H groups in total. The van der Waals surface area contributed by atoms with E-state index in [9.17, 15) is 4.79 Å². The minimum absolute atomic E-state index is 0.0878. The second-order valence-corrected chi connectivity index (χ2v) is 6.54. The summed E-state index contributed by atoms with van der Waals surface area (Å²) >= 11 is 1.34. The molecule has 0 bridgehead atoms. The van der Waals surface area contributed by atoms with Gasteiger partial charge in [-0.05, 0) is 36.4 Å². The lowest BCUT2D eigenvalue weighted by molar-refractivity contribution is -0.113. The van der Waals surface area contributed by atoms with Gasteiger partial charge in [-0.1, -0.05) is 11.8 Å². The fourth-order valence-electron chi connectivity index (χ4n) is 2.21. The number of rotatable bonds is 7. The normalized spacial score (nSPS) is 10.6. The molecule has 7 nitrogen and oxygen atoms in total. The minimum atomic E-state index is -0.0878. The maximum Gasteiger partial charge on any atom is 0.234 e. The molecule has 0 radical (unpaired) electrons. The molecule has 0 aliphatic carbocycles. The van der Waals surface area contributed by atoms with Crippen molar-refractivity contribution >= 4 is 29.0 Å². The lowest BCUT2D eigenvalue weighted by atomic mass is 10.2. The Labute approximate surface area is 150 Å². The van der Waals surface area contributed by atoms with E-state index in [0.717, 1.165) is 17.1 Å². The highest BCUT2D eigenvalue weighted by molar-refractivity contribution is 7.99. The van der Waals surface area contributed by atoms with Crippen LogP contribution in [0.4, 0.5) is 11.4 Å². The molecule has 2 heterocycles. The van der Waals surface area contributed by atoms with Crippen molar-refractivity contribution in [2.75, 3.05) is 30.1 Å². The van der Waals surface area contributed by atoms with Gasteiger partial charge in [-0.25, -0.2) is 0 Å². The fraction of sp³-hybridized carbons (Fsp3) is 0.235. The summed E-state index contributed by atoms with van der Waals surface area (Å²) in [7, 11) is 3.95. The van der Waals surface area contributed by atoms with Crippen molar-refractivity contribution in [3.63, 3.8) is 0 Å². The standard InChI is InChI=1S/C17H19N5O2S/c1-21(2)14-7-5-13(6-8-14)19-16(23)11-25-17-20-18-12-22(17)10-15-4-3-9-24-15/h3-9,12H,10-11H2,1-2H3,(H,19,23). The van der Waals surface area contributed by atoms with E-state index in [1.807, 2.05) is 60.0 Å². The zero-order chi connectivity index (χ0) is 17.6. The monoisotopic (exact) mass is 357 g/mol. The number of thioether (sulfide) groups is 1. The summed E-state index contributed by atoms with van der Waals surface area (Å²) in [5.74, 6) is 0.981. The van der Waals surface area contributed by atoms with Crippen LogP contribution in [0.5, 0.6) is 0 Å². The first-order chi connectivity index (χ1) is 12.1. The van der Waals surface area contributed by atoms with Gasteiger partial charge in [-0.15, -0.1) is 10.2 Å². The Morgan fingerprint density at radius 1 is 1.28 bits per heavy atom. The van der Waals surface area contributed by atoms with Crippen LogP contribution in [0.25, 0.3) is 0 Å². The molecule has 0 spiro atoms. The molecule has 2 aromatic heterocycles. The molecule has 1 aromatic carbocycles. The van der Waals surface area contributed by atoms with Gasteiger partial charge in [0.1, 0.15) is 12.1 Å². The Hall–Kier alpha value is -2.74. The average molecular weight is 357 g/mol. The Morgan fingerprint density at radius 2 is 2.08 bits per heavy atom. The predicted molar refractivity (Wildman–Crippen MR) is 98.0 cm³/mol. The Balaban J connectivity index is 1.53. The molecule has 0 fully saturated rings. The first kappa shape index (κ1) is 17.1. The van der Waals surface area contributed by atoms with Crippen LogP contribution >= 0.6 is 11.8 Å². The van der Waals surface area contributed by atoms with Crippen LogP contribution in [0.3, 0.4) is 0 Å². The second-order valence-electron chi connectivity index (χ2n) is 5.60. The maximum absolute atomic E-state index is 12.1. The van der Waals surface area contributed by atoms with Gasteiger partial charge in [0.05, 0.1) is 18.6 Å². The number of benzene rings is 1. The zero-order valence-corrected chi connectivity index (χ0v) is 14.9. The van der Waals surface area contributed by atoms with Crippen molar-refractivity contribution in [2.24, 2.45) is 0 Å². The van der Waals surface area contributed by atoms with E-state index in [1.165, 1.54) is 11.8 Å². The molecule has 130 valence electrons. The number of hydrogen-bond donors (Lipinski definition) is 1. The first-order valence-corrected chi connectivity index (χ1v) is 8.70. The number of furan rings is 1. The van der Waals surface area contributed by atoms with Crippen LogP contribution < -0.4 is 10.2 Å². The Morgan fingerprint density at radius 3 is 2.76 bits per heavy atom. The highest BCUT2D eigenvalue weighted by atomic mass is 32.2. The van der Waals surface area contributed by atoms with Gasteiger partial charge in [0, 0.05) is 25.5 Å². The number of amides is 1. The second kappa shape index (κ2) is 7.89. The highest BCUT2D eigenvalue weighted by Crippen LogP contribution is 2.18. The lowest BCUT2D eigenvalue weighted by Gasteiger charge is -2.13. The molecule has 3 rings (SSSR count). The molecule has 0 saturated carbocycles. The molecular weight excluding hydrogens is 338 g/mol. The van der Waals surface area contributed by atoms with Crippen LogP contribution in [0, 0.1) is 0 Å². The summed E-state index contributed by atoms with van der Waals surface area (Å²) in [5, 5.41) is 11.5. The highest BCUT2D eigenvalue weighted by Gasteiger charge is 2.10. The molecular formula is C17H19N5O2S. The van der Waals surface area contributed by atoms with Gasteiger partial charge in [0.25, 0.3) is 0 Å². The molecule has 3 aromatic rings. The Kier molecular flexibility index (Phi) is 5.39. The van der Waals surface area contributed by atoms with Crippen molar-refractivity contribution in [3.05, 3.63) is 54.7 Å². The molecule has 8 heteroatoms. The largest absolute Gasteiger partial charge is 0.467 e.